The number of hydrogen-bond donors (Lipinski definition) is 1. The zero-order valence-corrected chi connectivity index (χ0v) is 28.8. The topological polar surface area (TPSA) is 147 Å². The molecule has 0 aliphatic carbocycles. The predicted molar refractivity (Wildman–Crippen MR) is 176 cm³/mol. The summed E-state index contributed by atoms with van der Waals surface area (Å²) in [6.07, 6.45) is 6.32. The van der Waals surface area contributed by atoms with E-state index in [2.05, 4.69) is 24.3 Å². The van der Waals surface area contributed by atoms with Crippen molar-refractivity contribution in [2.75, 3.05) is 27.1 Å². The van der Waals surface area contributed by atoms with Gasteiger partial charge in [-0.15, -0.1) is 0 Å². The number of carbonyl (C=O) groups is 3. The Balaban J connectivity index is 1.40. The minimum Gasteiger partial charge on any atom is -0.482 e. The van der Waals surface area contributed by atoms with Gasteiger partial charge in [0.15, 0.2) is 11.3 Å². The van der Waals surface area contributed by atoms with Gasteiger partial charge in [-0.2, -0.15) is 0 Å². The van der Waals surface area contributed by atoms with Crippen LogP contribution in [0.1, 0.15) is 105 Å². The molecule has 272 valence electrons. The molecule has 3 aliphatic rings. The minimum absolute atomic E-state index is 0.0112. The van der Waals surface area contributed by atoms with E-state index in [0.717, 1.165) is 31.7 Å². The van der Waals surface area contributed by atoms with Crippen LogP contribution in [0.3, 0.4) is 0 Å². The van der Waals surface area contributed by atoms with Crippen LogP contribution in [-0.2, 0) is 25.6 Å². The van der Waals surface area contributed by atoms with Gasteiger partial charge < -0.3 is 38.6 Å². The Hall–Kier alpha value is -4.69. The lowest BCUT2D eigenvalue weighted by Gasteiger charge is -2.42. The van der Waals surface area contributed by atoms with E-state index in [1.54, 1.807) is 4.90 Å². The second kappa shape index (κ2) is 15.9. The van der Waals surface area contributed by atoms with E-state index in [4.69, 9.17) is 23.8 Å². The van der Waals surface area contributed by atoms with Crippen molar-refractivity contribution in [2.24, 2.45) is 11.1 Å². The predicted octanol–water partition coefficient (Wildman–Crippen LogP) is 5.45. The summed E-state index contributed by atoms with van der Waals surface area (Å²) >= 11 is 0. The molecule has 1 saturated heterocycles. The van der Waals surface area contributed by atoms with Gasteiger partial charge in [-0.1, -0.05) is 50.8 Å². The van der Waals surface area contributed by atoms with Gasteiger partial charge >= 0.3 is 6.16 Å². The first kappa shape index (κ1) is 36.6. The first-order valence-corrected chi connectivity index (χ1v) is 17.0. The molecule has 2 bridgehead atoms. The van der Waals surface area contributed by atoms with Crippen LogP contribution in [0.4, 0.5) is 13.6 Å². The maximum absolute atomic E-state index is 14.3. The fraction of sp³-hybridized carbons (Fsp3) is 0.571. The second-order valence-corrected chi connectivity index (χ2v) is 13.4. The van der Waals surface area contributed by atoms with Crippen LogP contribution in [0.25, 0.3) is 0 Å². The molecule has 3 aliphatic heterocycles. The number of ether oxygens (including phenoxy) is 4. The van der Waals surface area contributed by atoms with Crippen molar-refractivity contribution in [3.8, 4) is 5.75 Å². The highest BCUT2D eigenvalue weighted by Gasteiger charge is 2.55. The number of halogens is 2. The van der Waals surface area contributed by atoms with Gasteiger partial charge in [-0.05, 0) is 38.2 Å². The highest BCUT2D eigenvalue weighted by molar-refractivity contribution is 5.99. The number of oxime groups is 1. The molecule has 0 radical (unpaired) electrons. The van der Waals surface area contributed by atoms with E-state index in [9.17, 15) is 28.0 Å². The highest BCUT2D eigenvalue weighted by atomic mass is 19.1. The Kier molecular flexibility index (Phi) is 11.6. The molecule has 13 nitrogen and oxygen atoms in total. The molecule has 3 atom stereocenters. The zero-order chi connectivity index (χ0) is 36.0. The number of amides is 2. The summed E-state index contributed by atoms with van der Waals surface area (Å²) in [6, 6.07) is 2.01. The number of benzene rings is 1. The molecule has 1 N–H and O–H groups in total. The average Bonchev–Trinajstić information content (AvgIpc) is 3.46. The zero-order valence-electron chi connectivity index (χ0n) is 28.8. The van der Waals surface area contributed by atoms with Crippen LogP contribution in [0, 0.1) is 17.6 Å². The molecule has 1 fully saturated rings. The molecule has 2 aromatic rings. The first-order valence-electron chi connectivity index (χ1n) is 17.0. The van der Waals surface area contributed by atoms with Crippen molar-refractivity contribution in [1.29, 1.82) is 0 Å². The fourth-order valence-electron chi connectivity index (χ4n) is 6.59. The van der Waals surface area contributed by atoms with Crippen molar-refractivity contribution in [3.63, 3.8) is 0 Å². The summed E-state index contributed by atoms with van der Waals surface area (Å²) in [4.78, 5) is 61.4. The van der Waals surface area contributed by atoms with E-state index >= 15 is 0 Å². The van der Waals surface area contributed by atoms with Crippen molar-refractivity contribution in [3.05, 3.63) is 63.1 Å². The Bertz CT molecular complexity index is 1680. The molecule has 4 heterocycles. The van der Waals surface area contributed by atoms with Crippen LogP contribution >= 0.6 is 0 Å². The molecule has 50 heavy (non-hydrogen) atoms. The third-order valence-electron chi connectivity index (χ3n) is 9.48. The van der Waals surface area contributed by atoms with Crippen LogP contribution in [0.5, 0.6) is 5.75 Å². The highest BCUT2D eigenvalue weighted by Crippen LogP contribution is 2.46. The molecule has 2 amide bonds. The lowest BCUT2D eigenvalue weighted by Crippen LogP contribution is -2.52. The second-order valence-electron chi connectivity index (χ2n) is 13.4. The number of nitrogens with one attached hydrogen (secondary N) is 1. The summed E-state index contributed by atoms with van der Waals surface area (Å²) in [5, 5.41) is 6.59. The normalized spacial score (nSPS) is 20.9. The molecule has 1 aromatic carbocycles. The van der Waals surface area contributed by atoms with Crippen LogP contribution in [-0.4, -0.2) is 72.0 Å². The quantitative estimate of drug-likeness (QED) is 0.164. The Labute approximate surface area is 288 Å². The van der Waals surface area contributed by atoms with Crippen LogP contribution in [0.2, 0.25) is 0 Å². The Morgan fingerprint density at radius 1 is 1.14 bits per heavy atom. The molecule has 0 saturated carbocycles. The van der Waals surface area contributed by atoms with Gasteiger partial charge in [0.2, 0.25) is 23.9 Å². The number of fused-ring (bicyclic) bond motifs is 5. The van der Waals surface area contributed by atoms with Crippen molar-refractivity contribution >= 4 is 23.9 Å². The molecule has 1 aromatic heterocycles. The number of unbranched alkanes of at least 4 members (excludes halogenated alkanes) is 3. The standard InChI is InChI=1S/C35H44F2N4O9/c1-21(2)9-7-5-6-8-14-47-34(45)49-20-48-31-29-33(44)40-19-27(35(13-12-22(40)3)16-28(46-4)39-50-35)41(29)18-25(30(31)42)32(43)38-17-23-10-11-24(36)15-26(23)37/h10-11,15,18,21-22,27H,5-9,12-14,16-17,19-20H2,1-4H3,(H,38,43)/t22-,27+,35-/m0/s1. The number of rotatable bonds is 13. The van der Waals surface area contributed by atoms with Gasteiger partial charge in [0.05, 0.1) is 26.2 Å². The summed E-state index contributed by atoms with van der Waals surface area (Å²) in [5.41, 5.74) is -2.54. The number of hydrogen-bond acceptors (Lipinski definition) is 10. The molecule has 0 unspecified atom stereocenters. The summed E-state index contributed by atoms with van der Waals surface area (Å²) < 4.78 is 50.5. The monoisotopic (exact) mass is 702 g/mol. The summed E-state index contributed by atoms with van der Waals surface area (Å²) in [7, 11) is 1.47. The van der Waals surface area contributed by atoms with Gasteiger partial charge in [-0.3, -0.25) is 14.4 Å². The maximum Gasteiger partial charge on any atom is 0.511 e. The fourth-order valence-corrected chi connectivity index (χ4v) is 6.59. The van der Waals surface area contributed by atoms with Gasteiger partial charge in [0, 0.05) is 37.0 Å². The third-order valence-corrected chi connectivity index (χ3v) is 9.48. The van der Waals surface area contributed by atoms with E-state index < -0.39 is 64.8 Å². The Morgan fingerprint density at radius 2 is 1.92 bits per heavy atom. The lowest BCUT2D eigenvalue weighted by molar-refractivity contribution is -0.0658. The number of pyridine rings is 1. The Morgan fingerprint density at radius 3 is 2.64 bits per heavy atom. The smallest absolute Gasteiger partial charge is 0.482 e. The number of nitrogens with zero attached hydrogens (tertiary/aromatic N) is 3. The van der Waals surface area contributed by atoms with Crippen LogP contribution in [0.15, 0.2) is 34.3 Å². The molecule has 15 heteroatoms. The lowest BCUT2D eigenvalue weighted by atomic mass is 9.85. The van der Waals surface area contributed by atoms with Gasteiger partial charge in [0.1, 0.15) is 17.2 Å². The summed E-state index contributed by atoms with van der Waals surface area (Å²) in [5.74, 6) is -2.61. The maximum atomic E-state index is 14.3. The van der Waals surface area contributed by atoms with E-state index in [1.807, 2.05) is 6.92 Å². The molecule has 1 spiro atoms. The largest absolute Gasteiger partial charge is 0.511 e. The van der Waals surface area contributed by atoms with Crippen LogP contribution < -0.4 is 15.5 Å². The SMILES string of the molecule is COC1=NO[C@@]2(CC[C@H](C)N3C[C@H]2n2cc(C(=O)NCc4ccc(F)cc4F)c(=O)c(OCOC(=O)OCCCCCCC(C)C)c2C3=O)C1. The number of carbonyl (C=O) groups excluding carboxylic acids is 3. The summed E-state index contributed by atoms with van der Waals surface area (Å²) in [6.45, 7) is 5.39. The van der Waals surface area contributed by atoms with Crippen molar-refractivity contribution in [2.45, 2.75) is 96.4 Å². The molecule has 5 rings (SSSR count). The first-order chi connectivity index (χ1) is 23.9. The van der Waals surface area contributed by atoms with E-state index in [1.165, 1.54) is 23.9 Å². The van der Waals surface area contributed by atoms with E-state index in [0.29, 0.717) is 37.1 Å². The van der Waals surface area contributed by atoms with Crippen molar-refractivity contribution < 1.29 is 46.9 Å². The molecular weight excluding hydrogens is 658 g/mol. The van der Waals surface area contributed by atoms with Gasteiger partial charge in [-0.25, -0.2) is 13.6 Å². The number of methoxy groups -OCH3 is 1. The van der Waals surface area contributed by atoms with E-state index in [-0.39, 0.29) is 43.4 Å². The third kappa shape index (κ3) is 8.02. The minimum atomic E-state index is -1.02. The van der Waals surface area contributed by atoms with Gasteiger partial charge in [0.25, 0.3) is 11.8 Å². The van der Waals surface area contributed by atoms with Crippen molar-refractivity contribution in [1.82, 2.24) is 14.8 Å². The molecular formula is C35H44F2N4O9. The number of aromatic nitrogens is 1. The average molecular weight is 703 g/mol.